The molecule has 0 aromatic rings. The molecule has 0 bridgehead atoms. The van der Waals surface area contributed by atoms with Gasteiger partial charge in [-0.15, -0.1) is 0 Å². The van der Waals surface area contributed by atoms with Crippen molar-refractivity contribution in [3.63, 3.8) is 0 Å². The Hall–Kier alpha value is -0.240. The fraction of sp³-hybridized carbons (Fsp3) is 1.00. The highest BCUT2D eigenvalue weighted by Gasteiger charge is 2.41. The molecule has 0 radical (unpaired) electrons. The Morgan fingerprint density at radius 2 is 1.13 bits per heavy atom. The summed E-state index contributed by atoms with van der Waals surface area (Å²) >= 11 is 0. The average molecular weight is 218 g/mol. The van der Waals surface area contributed by atoms with Gasteiger partial charge in [-0.25, -0.2) is 0 Å². The van der Waals surface area contributed by atoms with Gasteiger partial charge < -0.3 is 30.4 Å². The molecule has 0 unspecified atom stereocenters. The fourth-order valence-corrected chi connectivity index (χ4v) is 1.70. The highest BCUT2D eigenvalue weighted by atomic mass is 16.7. The monoisotopic (exact) mass is 218 g/mol. The van der Waals surface area contributed by atoms with E-state index in [1.807, 2.05) is 0 Å². The van der Waals surface area contributed by atoms with Gasteiger partial charge in [0.25, 0.3) is 0 Å². The van der Waals surface area contributed by atoms with E-state index in [-0.39, 0.29) is 18.0 Å². The zero-order chi connectivity index (χ0) is 10.7. The summed E-state index contributed by atoms with van der Waals surface area (Å²) < 4.78 is 21.8. The quantitative estimate of drug-likeness (QED) is 0.595. The van der Waals surface area contributed by atoms with E-state index in [2.05, 4.69) is 0 Å². The van der Waals surface area contributed by atoms with E-state index >= 15 is 0 Å². The van der Waals surface area contributed by atoms with Crippen LogP contribution in [0.25, 0.3) is 0 Å². The Balaban J connectivity index is 1.83. The van der Waals surface area contributed by atoms with E-state index < -0.39 is 0 Å². The Morgan fingerprint density at radius 1 is 0.800 bits per heavy atom. The van der Waals surface area contributed by atoms with E-state index in [4.69, 9.17) is 30.4 Å². The van der Waals surface area contributed by atoms with Gasteiger partial charge in [0.05, 0.1) is 31.8 Å². The van der Waals surface area contributed by atoms with Crippen molar-refractivity contribution in [2.24, 2.45) is 16.9 Å². The SMILES string of the molecule is NCC1OCC2(CO1)COC(CN)OC2. The van der Waals surface area contributed by atoms with Crippen molar-refractivity contribution in [2.45, 2.75) is 12.6 Å². The molecule has 15 heavy (non-hydrogen) atoms. The average Bonchev–Trinajstić information content (AvgIpc) is 2.31. The summed E-state index contributed by atoms with van der Waals surface area (Å²) in [6, 6.07) is 0. The first-order valence-corrected chi connectivity index (χ1v) is 5.14. The molecular formula is C9H18N2O4. The molecule has 2 fully saturated rings. The van der Waals surface area contributed by atoms with Crippen molar-refractivity contribution in [3.8, 4) is 0 Å². The number of hydrogen-bond donors (Lipinski definition) is 2. The maximum Gasteiger partial charge on any atom is 0.169 e. The van der Waals surface area contributed by atoms with Gasteiger partial charge in [0.15, 0.2) is 12.6 Å². The predicted molar refractivity (Wildman–Crippen MR) is 51.9 cm³/mol. The summed E-state index contributed by atoms with van der Waals surface area (Å²) in [5, 5.41) is 0. The van der Waals surface area contributed by atoms with Gasteiger partial charge in [0.1, 0.15) is 0 Å². The summed E-state index contributed by atoms with van der Waals surface area (Å²) in [5.41, 5.74) is 10.7. The Labute approximate surface area is 88.8 Å². The Bertz CT molecular complexity index is 173. The smallest absolute Gasteiger partial charge is 0.169 e. The minimum absolute atomic E-state index is 0.183. The van der Waals surface area contributed by atoms with E-state index in [1.54, 1.807) is 0 Å². The summed E-state index contributed by atoms with van der Waals surface area (Å²) in [6.45, 7) is 3.00. The van der Waals surface area contributed by atoms with Crippen molar-refractivity contribution in [1.82, 2.24) is 0 Å². The van der Waals surface area contributed by atoms with Gasteiger partial charge in [-0.2, -0.15) is 0 Å². The molecule has 2 saturated heterocycles. The van der Waals surface area contributed by atoms with Crippen LogP contribution in [0.5, 0.6) is 0 Å². The molecule has 88 valence electrons. The van der Waals surface area contributed by atoms with Crippen molar-refractivity contribution in [2.75, 3.05) is 39.5 Å². The summed E-state index contributed by atoms with van der Waals surface area (Å²) in [6.07, 6.45) is -0.578. The molecule has 2 aliphatic heterocycles. The lowest BCUT2D eigenvalue weighted by molar-refractivity contribution is -0.297. The van der Waals surface area contributed by atoms with Crippen molar-refractivity contribution < 1.29 is 18.9 Å². The van der Waals surface area contributed by atoms with Crippen LogP contribution in [0.3, 0.4) is 0 Å². The molecule has 1 spiro atoms. The van der Waals surface area contributed by atoms with E-state index in [0.29, 0.717) is 39.5 Å². The van der Waals surface area contributed by atoms with Crippen LogP contribution >= 0.6 is 0 Å². The second kappa shape index (κ2) is 4.73. The fourth-order valence-electron chi connectivity index (χ4n) is 1.70. The minimum atomic E-state index is -0.289. The second-order valence-electron chi connectivity index (χ2n) is 4.07. The predicted octanol–water partition coefficient (Wildman–Crippen LogP) is -1.36. The maximum absolute atomic E-state index is 5.45. The Morgan fingerprint density at radius 3 is 1.40 bits per heavy atom. The standard InChI is InChI=1S/C9H18N2O4/c10-1-7-12-3-9(4-13-7)5-14-8(2-11)15-6-9/h7-8H,1-6,10-11H2. The van der Waals surface area contributed by atoms with Gasteiger partial charge in [-0.05, 0) is 0 Å². The second-order valence-corrected chi connectivity index (χ2v) is 4.07. The molecular weight excluding hydrogens is 200 g/mol. The molecule has 0 aliphatic carbocycles. The molecule has 0 atom stereocenters. The third-order valence-electron chi connectivity index (χ3n) is 2.69. The first-order valence-electron chi connectivity index (χ1n) is 5.14. The highest BCUT2D eigenvalue weighted by molar-refractivity contribution is 4.84. The third kappa shape index (κ3) is 2.47. The van der Waals surface area contributed by atoms with Crippen LogP contribution in [0.4, 0.5) is 0 Å². The number of hydrogen-bond acceptors (Lipinski definition) is 6. The normalized spacial score (nSPS) is 42.0. The zero-order valence-electron chi connectivity index (χ0n) is 8.69. The lowest BCUT2D eigenvalue weighted by Crippen LogP contribution is -2.54. The Kier molecular flexibility index (Phi) is 3.55. The highest BCUT2D eigenvalue weighted by Crippen LogP contribution is 2.29. The molecule has 0 aromatic carbocycles. The molecule has 4 N–H and O–H groups in total. The summed E-state index contributed by atoms with van der Waals surface area (Å²) in [7, 11) is 0. The zero-order valence-corrected chi connectivity index (χ0v) is 8.69. The third-order valence-corrected chi connectivity index (χ3v) is 2.69. The summed E-state index contributed by atoms with van der Waals surface area (Å²) in [5.74, 6) is 0. The van der Waals surface area contributed by atoms with E-state index in [1.165, 1.54) is 0 Å². The van der Waals surface area contributed by atoms with Gasteiger partial charge in [-0.1, -0.05) is 0 Å². The lowest BCUT2D eigenvalue weighted by Gasteiger charge is -2.43. The van der Waals surface area contributed by atoms with Crippen LogP contribution < -0.4 is 11.5 Å². The number of rotatable bonds is 2. The van der Waals surface area contributed by atoms with Gasteiger partial charge in [0.2, 0.25) is 0 Å². The largest absolute Gasteiger partial charge is 0.350 e. The molecule has 2 rings (SSSR count). The van der Waals surface area contributed by atoms with Crippen LogP contribution in [0.2, 0.25) is 0 Å². The summed E-state index contributed by atoms with van der Waals surface area (Å²) in [4.78, 5) is 0. The van der Waals surface area contributed by atoms with Crippen LogP contribution in [0.15, 0.2) is 0 Å². The van der Waals surface area contributed by atoms with Crippen LogP contribution in [-0.4, -0.2) is 52.1 Å². The van der Waals surface area contributed by atoms with Gasteiger partial charge in [-0.3, -0.25) is 0 Å². The van der Waals surface area contributed by atoms with Crippen LogP contribution in [0, 0.1) is 5.41 Å². The first kappa shape index (κ1) is 11.3. The molecule has 2 aliphatic rings. The topological polar surface area (TPSA) is 89.0 Å². The molecule has 2 heterocycles. The maximum atomic E-state index is 5.45. The van der Waals surface area contributed by atoms with Gasteiger partial charge >= 0.3 is 0 Å². The van der Waals surface area contributed by atoms with E-state index in [0.717, 1.165) is 0 Å². The first-order chi connectivity index (χ1) is 7.28. The van der Waals surface area contributed by atoms with Gasteiger partial charge in [0, 0.05) is 13.1 Å². The minimum Gasteiger partial charge on any atom is -0.350 e. The molecule has 0 aromatic heterocycles. The molecule has 6 nitrogen and oxygen atoms in total. The molecule has 0 amide bonds. The van der Waals surface area contributed by atoms with Crippen molar-refractivity contribution in [1.29, 1.82) is 0 Å². The van der Waals surface area contributed by atoms with Crippen molar-refractivity contribution in [3.05, 3.63) is 0 Å². The molecule has 0 saturated carbocycles. The van der Waals surface area contributed by atoms with E-state index in [9.17, 15) is 0 Å². The van der Waals surface area contributed by atoms with Crippen LogP contribution in [0.1, 0.15) is 0 Å². The number of nitrogens with two attached hydrogens (primary N) is 2. The number of ether oxygens (including phenoxy) is 4. The lowest BCUT2D eigenvalue weighted by atomic mass is 9.91. The molecule has 6 heteroatoms. The van der Waals surface area contributed by atoms with Crippen LogP contribution in [-0.2, 0) is 18.9 Å². The van der Waals surface area contributed by atoms with Crippen molar-refractivity contribution >= 4 is 0 Å².